The molecule has 1 heterocycles. The molecule has 6 heteroatoms. The summed E-state index contributed by atoms with van der Waals surface area (Å²) in [5, 5.41) is 20.8. The van der Waals surface area contributed by atoms with Crippen molar-refractivity contribution in [2.45, 2.75) is 52.0 Å². The zero-order chi connectivity index (χ0) is 13.1. The number of hydrogen-bond donors (Lipinski definition) is 1. The average Bonchev–Trinajstić information content (AvgIpc) is 3.07. The molecule has 1 N–H and O–H groups in total. The molecule has 1 aliphatic carbocycles. The normalized spacial score (nSPS) is 18.6. The first kappa shape index (κ1) is 13.0. The molecule has 1 fully saturated rings. The highest BCUT2D eigenvalue weighted by molar-refractivity contribution is 5.67. The second-order valence-electron chi connectivity index (χ2n) is 5.26. The fourth-order valence-electron chi connectivity index (χ4n) is 2.17. The molecule has 0 aromatic carbocycles. The fraction of sp³-hybridized carbons (Fsp3) is 0.833. The quantitative estimate of drug-likeness (QED) is 0.798. The predicted octanol–water partition coefficient (Wildman–Crippen LogP) is 1.69. The molecule has 1 aromatic rings. The molecule has 2 atom stereocenters. The molecule has 0 radical (unpaired) electrons. The zero-order valence-electron chi connectivity index (χ0n) is 10.9. The number of carboxylic acids is 1. The highest BCUT2D eigenvalue weighted by atomic mass is 16.4. The van der Waals surface area contributed by atoms with E-state index in [4.69, 9.17) is 5.11 Å². The summed E-state index contributed by atoms with van der Waals surface area (Å²) >= 11 is 0. The summed E-state index contributed by atoms with van der Waals surface area (Å²) in [6, 6.07) is -0.0726. The lowest BCUT2D eigenvalue weighted by molar-refractivity contribution is -0.138. The van der Waals surface area contributed by atoms with E-state index in [1.54, 1.807) is 4.68 Å². The number of aromatic nitrogens is 4. The summed E-state index contributed by atoms with van der Waals surface area (Å²) in [7, 11) is 0. The van der Waals surface area contributed by atoms with Crippen LogP contribution in [0.15, 0.2) is 0 Å². The van der Waals surface area contributed by atoms with E-state index in [0.717, 1.165) is 31.5 Å². The van der Waals surface area contributed by atoms with Crippen LogP contribution in [0.25, 0.3) is 0 Å². The van der Waals surface area contributed by atoms with E-state index in [1.165, 1.54) is 0 Å². The number of hydrogen-bond acceptors (Lipinski definition) is 4. The summed E-state index contributed by atoms with van der Waals surface area (Å²) in [5.74, 6) is 0.985. The molecular weight excluding hydrogens is 232 g/mol. The standard InChI is InChI=1S/C12H20N4O2/c1-3-8(2)6-11-13-14-15-16(11)10(7-12(17)18)9-4-5-9/h8-10H,3-7H2,1-2H3,(H,17,18). The van der Waals surface area contributed by atoms with Crippen LogP contribution in [0.5, 0.6) is 0 Å². The lowest BCUT2D eigenvalue weighted by Gasteiger charge is -2.16. The van der Waals surface area contributed by atoms with Gasteiger partial charge < -0.3 is 5.11 Å². The van der Waals surface area contributed by atoms with Crippen molar-refractivity contribution in [2.24, 2.45) is 11.8 Å². The number of tetrazole rings is 1. The van der Waals surface area contributed by atoms with Gasteiger partial charge in [0, 0.05) is 6.42 Å². The monoisotopic (exact) mass is 252 g/mol. The second kappa shape index (κ2) is 5.46. The number of aliphatic carboxylic acids is 1. The van der Waals surface area contributed by atoms with E-state index in [0.29, 0.717) is 11.8 Å². The van der Waals surface area contributed by atoms with Crippen molar-refractivity contribution >= 4 is 5.97 Å². The van der Waals surface area contributed by atoms with Crippen molar-refractivity contribution in [3.63, 3.8) is 0 Å². The van der Waals surface area contributed by atoms with Crippen LogP contribution in [0.4, 0.5) is 0 Å². The molecule has 1 aliphatic rings. The van der Waals surface area contributed by atoms with Crippen LogP contribution >= 0.6 is 0 Å². The van der Waals surface area contributed by atoms with E-state index in [-0.39, 0.29) is 12.5 Å². The van der Waals surface area contributed by atoms with E-state index < -0.39 is 5.97 Å². The Morgan fingerprint density at radius 3 is 2.83 bits per heavy atom. The van der Waals surface area contributed by atoms with Crippen molar-refractivity contribution in [2.75, 3.05) is 0 Å². The topological polar surface area (TPSA) is 80.9 Å². The minimum absolute atomic E-state index is 0.0726. The third-order valence-electron chi connectivity index (χ3n) is 3.65. The molecule has 2 unspecified atom stereocenters. The second-order valence-corrected chi connectivity index (χ2v) is 5.26. The van der Waals surface area contributed by atoms with Crippen LogP contribution in [0.2, 0.25) is 0 Å². The highest BCUT2D eigenvalue weighted by Gasteiger charge is 2.36. The fourth-order valence-corrected chi connectivity index (χ4v) is 2.17. The maximum absolute atomic E-state index is 10.9. The van der Waals surface area contributed by atoms with E-state index in [1.807, 2.05) is 0 Å². The molecule has 2 rings (SSSR count). The Morgan fingerprint density at radius 1 is 1.56 bits per heavy atom. The SMILES string of the molecule is CCC(C)Cc1nnnn1C(CC(=O)O)C1CC1. The number of nitrogens with zero attached hydrogens (tertiary/aromatic N) is 4. The van der Waals surface area contributed by atoms with Gasteiger partial charge in [0.05, 0.1) is 12.5 Å². The molecule has 18 heavy (non-hydrogen) atoms. The van der Waals surface area contributed by atoms with Gasteiger partial charge in [0.25, 0.3) is 0 Å². The molecule has 0 aliphatic heterocycles. The molecule has 0 spiro atoms. The van der Waals surface area contributed by atoms with Crippen LogP contribution in [0.1, 0.15) is 51.4 Å². The molecule has 1 aromatic heterocycles. The van der Waals surface area contributed by atoms with E-state index in [2.05, 4.69) is 29.4 Å². The molecule has 0 saturated heterocycles. The Labute approximate surface area is 106 Å². The van der Waals surface area contributed by atoms with Gasteiger partial charge in [-0.2, -0.15) is 0 Å². The third-order valence-corrected chi connectivity index (χ3v) is 3.65. The van der Waals surface area contributed by atoms with Crippen molar-refractivity contribution in [3.05, 3.63) is 5.82 Å². The Morgan fingerprint density at radius 2 is 2.28 bits per heavy atom. The molecule has 1 saturated carbocycles. The van der Waals surface area contributed by atoms with Crippen LogP contribution in [0.3, 0.4) is 0 Å². The Hall–Kier alpha value is -1.46. The van der Waals surface area contributed by atoms with Gasteiger partial charge in [-0.15, -0.1) is 5.10 Å². The van der Waals surface area contributed by atoms with Crippen LogP contribution in [-0.4, -0.2) is 31.3 Å². The smallest absolute Gasteiger partial charge is 0.305 e. The lowest BCUT2D eigenvalue weighted by Crippen LogP contribution is -2.20. The maximum Gasteiger partial charge on any atom is 0.305 e. The first-order valence-corrected chi connectivity index (χ1v) is 6.60. The molecular formula is C12H20N4O2. The molecule has 100 valence electrons. The summed E-state index contributed by atoms with van der Waals surface area (Å²) in [6.07, 6.45) is 4.16. The van der Waals surface area contributed by atoms with Crippen molar-refractivity contribution < 1.29 is 9.90 Å². The summed E-state index contributed by atoms with van der Waals surface area (Å²) in [5.41, 5.74) is 0. The number of carbonyl (C=O) groups is 1. The highest BCUT2D eigenvalue weighted by Crippen LogP contribution is 2.41. The van der Waals surface area contributed by atoms with E-state index in [9.17, 15) is 4.79 Å². The number of carboxylic acid groups (broad SMARTS) is 1. The average molecular weight is 252 g/mol. The largest absolute Gasteiger partial charge is 0.481 e. The first-order valence-electron chi connectivity index (χ1n) is 6.60. The Bertz CT molecular complexity index is 414. The molecule has 0 amide bonds. The third kappa shape index (κ3) is 3.05. The van der Waals surface area contributed by atoms with Gasteiger partial charge in [0.15, 0.2) is 5.82 Å². The minimum atomic E-state index is -0.781. The maximum atomic E-state index is 10.9. The first-order chi connectivity index (χ1) is 8.61. The van der Waals surface area contributed by atoms with Gasteiger partial charge in [-0.3, -0.25) is 4.79 Å². The van der Waals surface area contributed by atoms with Crippen molar-refractivity contribution in [1.29, 1.82) is 0 Å². The predicted molar refractivity (Wildman–Crippen MR) is 65.0 cm³/mol. The summed E-state index contributed by atoms with van der Waals surface area (Å²) < 4.78 is 1.75. The summed E-state index contributed by atoms with van der Waals surface area (Å²) in [4.78, 5) is 10.9. The van der Waals surface area contributed by atoms with E-state index >= 15 is 0 Å². The number of rotatable bonds is 7. The van der Waals surface area contributed by atoms with Gasteiger partial charge in [0.2, 0.25) is 0 Å². The van der Waals surface area contributed by atoms with Crippen molar-refractivity contribution in [1.82, 2.24) is 20.2 Å². The van der Waals surface area contributed by atoms with Crippen LogP contribution in [-0.2, 0) is 11.2 Å². The minimum Gasteiger partial charge on any atom is -0.481 e. The zero-order valence-corrected chi connectivity index (χ0v) is 10.9. The van der Waals surface area contributed by atoms with Gasteiger partial charge in [0.1, 0.15) is 0 Å². The summed E-state index contributed by atoms with van der Waals surface area (Å²) in [6.45, 7) is 4.29. The van der Waals surface area contributed by atoms with Crippen LogP contribution < -0.4 is 0 Å². The molecule has 0 bridgehead atoms. The van der Waals surface area contributed by atoms with Crippen LogP contribution in [0, 0.1) is 11.8 Å². The Balaban J connectivity index is 2.14. The van der Waals surface area contributed by atoms with Gasteiger partial charge in [-0.05, 0) is 35.1 Å². The Kier molecular flexibility index (Phi) is 3.93. The van der Waals surface area contributed by atoms with Gasteiger partial charge >= 0.3 is 5.97 Å². The van der Waals surface area contributed by atoms with Crippen molar-refractivity contribution in [3.8, 4) is 0 Å². The van der Waals surface area contributed by atoms with Gasteiger partial charge in [-0.1, -0.05) is 20.3 Å². The molecule has 6 nitrogen and oxygen atoms in total. The lowest BCUT2D eigenvalue weighted by atomic mass is 10.0. The van der Waals surface area contributed by atoms with Gasteiger partial charge in [-0.25, -0.2) is 4.68 Å².